The summed E-state index contributed by atoms with van der Waals surface area (Å²) in [6.45, 7) is 6.98. The maximum atomic E-state index is 11.5. The molecule has 1 heterocycles. The van der Waals surface area contributed by atoms with Crippen LogP contribution in [-0.2, 0) is 16.8 Å². The van der Waals surface area contributed by atoms with Gasteiger partial charge >= 0.3 is 5.97 Å². The highest BCUT2D eigenvalue weighted by Gasteiger charge is 2.13. The lowest BCUT2D eigenvalue weighted by Gasteiger charge is -2.18. The average Bonchev–Trinajstić information content (AvgIpc) is 2.93. The van der Waals surface area contributed by atoms with Crippen LogP contribution in [0.3, 0.4) is 0 Å². The predicted molar refractivity (Wildman–Crippen MR) is 82.3 cm³/mol. The molecule has 2 aromatic rings. The van der Waals surface area contributed by atoms with E-state index in [0.29, 0.717) is 12.1 Å². The molecule has 0 aliphatic heterocycles. The number of nitrogens with one attached hydrogen (secondary N) is 1. The van der Waals surface area contributed by atoms with Crippen molar-refractivity contribution in [2.75, 3.05) is 12.4 Å². The Morgan fingerprint density at radius 3 is 2.76 bits per heavy atom. The number of esters is 1. The van der Waals surface area contributed by atoms with Crippen LogP contribution in [0.5, 0.6) is 0 Å². The van der Waals surface area contributed by atoms with Crippen LogP contribution in [0.15, 0.2) is 36.7 Å². The van der Waals surface area contributed by atoms with E-state index >= 15 is 0 Å². The van der Waals surface area contributed by atoms with Crippen molar-refractivity contribution < 1.29 is 9.53 Å². The number of ether oxygens (including phenoxy) is 1. The number of aromatic nitrogens is 2. The molecular formula is C16H21N3O2. The smallest absolute Gasteiger partial charge is 0.337 e. The summed E-state index contributed by atoms with van der Waals surface area (Å²) in [7, 11) is 1.38. The van der Waals surface area contributed by atoms with Gasteiger partial charge in [-0.15, -0.1) is 0 Å². The molecule has 0 unspecified atom stereocenters. The first-order valence-corrected chi connectivity index (χ1v) is 6.86. The molecule has 5 heteroatoms. The van der Waals surface area contributed by atoms with Crippen molar-refractivity contribution in [2.24, 2.45) is 0 Å². The molecule has 0 amide bonds. The first kappa shape index (κ1) is 15.1. The van der Waals surface area contributed by atoms with Crippen molar-refractivity contribution in [3.05, 3.63) is 47.8 Å². The predicted octanol–water partition coefficient (Wildman–Crippen LogP) is 3.04. The van der Waals surface area contributed by atoms with E-state index in [1.807, 2.05) is 29.2 Å². The maximum Gasteiger partial charge on any atom is 0.337 e. The van der Waals surface area contributed by atoms with Crippen LogP contribution >= 0.6 is 0 Å². The third-order valence-electron chi connectivity index (χ3n) is 3.10. The number of hydrogen-bond acceptors (Lipinski definition) is 4. The number of rotatable bonds is 4. The highest BCUT2D eigenvalue weighted by Crippen LogP contribution is 2.15. The van der Waals surface area contributed by atoms with Gasteiger partial charge in [0, 0.05) is 24.0 Å². The molecule has 0 saturated heterocycles. The summed E-state index contributed by atoms with van der Waals surface area (Å²) in [6, 6.07) is 7.25. The molecular weight excluding hydrogens is 266 g/mol. The standard InChI is InChI=1S/C16H21N3O2/c1-16(2,3)19-11-12(10-18-19)9-17-14-7-5-6-13(8-14)15(20)21-4/h5-8,10-11,17H,9H2,1-4H3. The van der Waals surface area contributed by atoms with Gasteiger partial charge in [-0.05, 0) is 39.0 Å². The van der Waals surface area contributed by atoms with E-state index in [1.165, 1.54) is 7.11 Å². The molecule has 0 aliphatic rings. The maximum absolute atomic E-state index is 11.5. The molecule has 0 fully saturated rings. The molecule has 0 radical (unpaired) electrons. The van der Waals surface area contributed by atoms with Crippen molar-refractivity contribution in [3.8, 4) is 0 Å². The Labute approximate surface area is 124 Å². The van der Waals surface area contributed by atoms with Crippen LogP contribution < -0.4 is 5.32 Å². The monoisotopic (exact) mass is 287 g/mol. The van der Waals surface area contributed by atoms with Crippen LogP contribution in [0, 0.1) is 0 Å². The molecule has 0 atom stereocenters. The zero-order valence-corrected chi connectivity index (χ0v) is 12.9. The summed E-state index contributed by atoms with van der Waals surface area (Å²) in [6.07, 6.45) is 3.87. The number of hydrogen-bond donors (Lipinski definition) is 1. The van der Waals surface area contributed by atoms with Crippen LogP contribution in [0.25, 0.3) is 0 Å². The summed E-state index contributed by atoms with van der Waals surface area (Å²) < 4.78 is 6.65. The van der Waals surface area contributed by atoms with Gasteiger partial charge in [0.1, 0.15) is 0 Å². The number of benzene rings is 1. The molecule has 0 bridgehead atoms. The summed E-state index contributed by atoms with van der Waals surface area (Å²) in [5, 5.41) is 7.65. The number of anilines is 1. The molecule has 21 heavy (non-hydrogen) atoms. The lowest BCUT2D eigenvalue weighted by atomic mass is 10.1. The first-order valence-electron chi connectivity index (χ1n) is 6.86. The Bertz CT molecular complexity index is 626. The zero-order chi connectivity index (χ0) is 15.5. The quantitative estimate of drug-likeness (QED) is 0.878. The normalized spacial score (nSPS) is 11.2. The minimum atomic E-state index is -0.334. The second kappa shape index (κ2) is 5.99. The van der Waals surface area contributed by atoms with Gasteiger partial charge in [0.15, 0.2) is 0 Å². The Morgan fingerprint density at radius 1 is 1.38 bits per heavy atom. The SMILES string of the molecule is COC(=O)c1cccc(NCc2cnn(C(C)(C)C)c2)c1. The van der Waals surface area contributed by atoms with E-state index in [1.54, 1.807) is 12.1 Å². The number of carbonyl (C=O) groups excluding carboxylic acids is 1. The third-order valence-corrected chi connectivity index (χ3v) is 3.10. The second-order valence-corrected chi connectivity index (χ2v) is 5.89. The Balaban J connectivity index is 2.03. The number of methoxy groups -OCH3 is 1. The van der Waals surface area contributed by atoms with Gasteiger partial charge in [0.05, 0.1) is 24.4 Å². The fraction of sp³-hybridized carbons (Fsp3) is 0.375. The van der Waals surface area contributed by atoms with E-state index in [2.05, 4.69) is 31.2 Å². The number of carbonyl (C=O) groups is 1. The average molecular weight is 287 g/mol. The second-order valence-electron chi connectivity index (χ2n) is 5.89. The molecule has 5 nitrogen and oxygen atoms in total. The Hall–Kier alpha value is -2.30. The molecule has 0 spiro atoms. The van der Waals surface area contributed by atoms with Gasteiger partial charge in [0.25, 0.3) is 0 Å². The van der Waals surface area contributed by atoms with Crippen molar-refractivity contribution >= 4 is 11.7 Å². The van der Waals surface area contributed by atoms with Crippen molar-refractivity contribution in [3.63, 3.8) is 0 Å². The van der Waals surface area contributed by atoms with Crippen LogP contribution in [0.2, 0.25) is 0 Å². The van der Waals surface area contributed by atoms with Crippen LogP contribution in [0.4, 0.5) is 5.69 Å². The highest BCUT2D eigenvalue weighted by molar-refractivity contribution is 5.90. The molecule has 1 aromatic heterocycles. The highest BCUT2D eigenvalue weighted by atomic mass is 16.5. The van der Waals surface area contributed by atoms with Crippen molar-refractivity contribution in [2.45, 2.75) is 32.9 Å². The van der Waals surface area contributed by atoms with Crippen LogP contribution in [-0.4, -0.2) is 22.9 Å². The number of nitrogens with zero attached hydrogens (tertiary/aromatic N) is 2. The first-order chi connectivity index (χ1) is 9.90. The van der Waals surface area contributed by atoms with E-state index in [-0.39, 0.29) is 11.5 Å². The summed E-state index contributed by atoms with van der Waals surface area (Å²) in [5.74, 6) is -0.334. The fourth-order valence-electron chi connectivity index (χ4n) is 1.90. The van der Waals surface area contributed by atoms with E-state index in [0.717, 1.165) is 11.3 Å². The van der Waals surface area contributed by atoms with Gasteiger partial charge in [-0.1, -0.05) is 6.07 Å². The molecule has 0 aliphatic carbocycles. The van der Waals surface area contributed by atoms with E-state index in [9.17, 15) is 4.79 Å². The molecule has 1 aromatic carbocycles. The van der Waals surface area contributed by atoms with Crippen molar-refractivity contribution in [1.29, 1.82) is 0 Å². The lowest BCUT2D eigenvalue weighted by Crippen LogP contribution is -2.21. The molecule has 1 N–H and O–H groups in total. The van der Waals surface area contributed by atoms with Gasteiger partial charge in [-0.2, -0.15) is 5.10 Å². The summed E-state index contributed by atoms with van der Waals surface area (Å²) in [5.41, 5.74) is 2.48. The minimum absolute atomic E-state index is 0.0248. The topological polar surface area (TPSA) is 56.1 Å². The molecule has 2 rings (SSSR count). The van der Waals surface area contributed by atoms with Crippen LogP contribution in [0.1, 0.15) is 36.7 Å². The van der Waals surface area contributed by atoms with E-state index < -0.39 is 0 Å². The van der Waals surface area contributed by atoms with Gasteiger partial charge < -0.3 is 10.1 Å². The lowest BCUT2D eigenvalue weighted by molar-refractivity contribution is 0.0601. The zero-order valence-electron chi connectivity index (χ0n) is 12.9. The van der Waals surface area contributed by atoms with Crippen molar-refractivity contribution in [1.82, 2.24) is 9.78 Å². The molecule has 0 saturated carbocycles. The summed E-state index contributed by atoms with van der Waals surface area (Å²) in [4.78, 5) is 11.5. The summed E-state index contributed by atoms with van der Waals surface area (Å²) >= 11 is 0. The van der Waals surface area contributed by atoms with Gasteiger partial charge in [-0.3, -0.25) is 4.68 Å². The fourth-order valence-corrected chi connectivity index (χ4v) is 1.90. The van der Waals surface area contributed by atoms with E-state index in [4.69, 9.17) is 4.74 Å². The third kappa shape index (κ3) is 3.84. The van der Waals surface area contributed by atoms with Gasteiger partial charge in [0.2, 0.25) is 0 Å². The largest absolute Gasteiger partial charge is 0.465 e. The molecule has 112 valence electrons. The minimum Gasteiger partial charge on any atom is -0.465 e. The Kier molecular flexibility index (Phi) is 4.31. The Morgan fingerprint density at radius 2 is 2.14 bits per heavy atom. The van der Waals surface area contributed by atoms with Gasteiger partial charge in [-0.25, -0.2) is 4.79 Å².